The number of aryl methyl sites for hydroxylation is 1. The number of pyridine rings is 1. The van der Waals surface area contributed by atoms with E-state index in [0.29, 0.717) is 5.75 Å². The Kier molecular flexibility index (Phi) is 5.15. The molecule has 2 rings (SSSR count). The number of hydrogen-bond acceptors (Lipinski definition) is 5. The Morgan fingerprint density at radius 3 is 2.95 bits per heavy atom. The van der Waals surface area contributed by atoms with Crippen LogP contribution in [-0.2, 0) is 5.75 Å². The van der Waals surface area contributed by atoms with Gasteiger partial charge in [-0.1, -0.05) is 11.8 Å². The molecule has 1 N–H and O–H groups in total. The van der Waals surface area contributed by atoms with Crippen LogP contribution in [0.2, 0.25) is 0 Å². The van der Waals surface area contributed by atoms with Crippen molar-refractivity contribution in [3.05, 3.63) is 40.4 Å². The van der Waals surface area contributed by atoms with Crippen LogP contribution in [0.3, 0.4) is 0 Å². The smallest absolute Gasteiger partial charge is 0.141 e. The summed E-state index contributed by atoms with van der Waals surface area (Å²) in [4.78, 5) is 13.2. The number of anilines is 1. The first kappa shape index (κ1) is 14.3. The van der Waals surface area contributed by atoms with E-state index in [1.807, 2.05) is 25.1 Å². The van der Waals surface area contributed by atoms with Gasteiger partial charge >= 0.3 is 0 Å². The largest absolute Gasteiger partial charge is 0.370 e. The summed E-state index contributed by atoms with van der Waals surface area (Å²) in [7, 11) is 0. The fourth-order valence-corrected chi connectivity index (χ4v) is 2.91. The summed E-state index contributed by atoms with van der Waals surface area (Å²) in [6, 6.07) is 5.84. The van der Waals surface area contributed by atoms with Gasteiger partial charge in [0.15, 0.2) is 0 Å². The van der Waals surface area contributed by atoms with Gasteiger partial charge in [0.05, 0.1) is 5.75 Å². The van der Waals surface area contributed by atoms with Crippen molar-refractivity contribution in [3.8, 4) is 0 Å². The fourth-order valence-electron chi connectivity index (χ4n) is 1.58. The van der Waals surface area contributed by atoms with Crippen molar-refractivity contribution in [2.75, 3.05) is 11.9 Å². The van der Waals surface area contributed by atoms with E-state index in [9.17, 15) is 0 Å². The average Bonchev–Trinajstić information content (AvgIpc) is 2.37. The van der Waals surface area contributed by atoms with Crippen molar-refractivity contribution < 1.29 is 0 Å². The minimum Gasteiger partial charge on any atom is -0.370 e. The number of aromatic nitrogens is 3. The molecule has 0 aliphatic rings. The molecule has 0 aromatic carbocycles. The summed E-state index contributed by atoms with van der Waals surface area (Å²) in [5.41, 5.74) is 0.974. The molecule has 0 fully saturated rings. The van der Waals surface area contributed by atoms with Gasteiger partial charge in [0, 0.05) is 29.0 Å². The maximum atomic E-state index is 4.48. The lowest BCUT2D eigenvalue weighted by Gasteiger charge is -2.07. The normalized spacial score (nSPS) is 10.5. The Bertz CT molecular complexity index is 562. The molecule has 19 heavy (non-hydrogen) atoms. The molecule has 0 amide bonds. The van der Waals surface area contributed by atoms with Gasteiger partial charge in [-0.25, -0.2) is 15.0 Å². The Hall–Kier alpha value is -1.14. The van der Waals surface area contributed by atoms with Crippen LogP contribution in [0.4, 0.5) is 5.82 Å². The molecule has 2 aromatic heterocycles. The second-order valence-corrected chi connectivity index (χ2v) is 5.74. The molecule has 0 saturated heterocycles. The summed E-state index contributed by atoms with van der Waals surface area (Å²) in [6.45, 7) is 4.89. The van der Waals surface area contributed by atoms with E-state index in [1.54, 1.807) is 18.0 Å². The zero-order valence-electron chi connectivity index (χ0n) is 10.9. The minimum absolute atomic E-state index is 0.704. The molecular weight excluding hydrogens is 324 g/mol. The molecule has 2 heterocycles. The molecule has 0 unspecified atom stereocenters. The predicted molar refractivity (Wildman–Crippen MR) is 82.4 cm³/mol. The molecule has 6 heteroatoms. The molecule has 2 aromatic rings. The SMILES string of the molecule is CCNc1cc(C)nc(CSc2ncccc2Br)n1. The van der Waals surface area contributed by atoms with Gasteiger partial charge in [-0.05, 0) is 41.9 Å². The van der Waals surface area contributed by atoms with Gasteiger partial charge in [-0.2, -0.15) is 0 Å². The zero-order valence-corrected chi connectivity index (χ0v) is 13.3. The quantitative estimate of drug-likeness (QED) is 0.843. The van der Waals surface area contributed by atoms with Crippen molar-refractivity contribution in [1.29, 1.82) is 0 Å². The topological polar surface area (TPSA) is 50.7 Å². The third-order valence-electron chi connectivity index (χ3n) is 2.32. The molecule has 0 aliphatic carbocycles. The van der Waals surface area contributed by atoms with Crippen LogP contribution in [0.1, 0.15) is 18.4 Å². The maximum Gasteiger partial charge on any atom is 0.141 e. The first-order chi connectivity index (χ1) is 9.19. The van der Waals surface area contributed by atoms with Crippen LogP contribution < -0.4 is 5.32 Å². The molecule has 0 atom stereocenters. The number of hydrogen-bond donors (Lipinski definition) is 1. The van der Waals surface area contributed by atoms with Crippen molar-refractivity contribution >= 4 is 33.5 Å². The Labute approximate surface area is 125 Å². The predicted octanol–water partition coefficient (Wildman–Crippen LogP) is 3.67. The van der Waals surface area contributed by atoms with Crippen molar-refractivity contribution in [2.45, 2.75) is 24.6 Å². The Morgan fingerprint density at radius 2 is 2.21 bits per heavy atom. The van der Waals surface area contributed by atoms with Crippen LogP contribution in [0, 0.1) is 6.92 Å². The van der Waals surface area contributed by atoms with Gasteiger partial charge in [0.25, 0.3) is 0 Å². The summed E-state index contributed by atoms with van der Waals surface area (Å²) in [5.74, 6) is 2.40. The summed E-state index contributed by atoms with van der Waals surface area (Å²) in [5, 5.41) is 4.17. The highest BCUT2D eigenvalue weighted by Crippen LogP contribution is 2.26. The minimum atomic E-state index is 0.704. The molecule has 0 radical (unpaired) electrons. The third-order valence-corrected chi connectivity index (χ3v) is 4.22. The van der Waals surface area contributed by atoms with Crippen LogP contribution in [0.15, 0.2) is 33.9 Å². The molecule has 0 aliphatic heterocycles. The monoisotopic (exact) mass is 338 g/mol. The zero-order chi connectivity index (χ0) is 13.7. The van der Waals surface area contributed by atoms with E-state index in [-0.39, 0.29) is 0 Å². The molecule has 0 saturated carbocycles. The van der Waals surface area contributed by atoms with E-state index in [4.69, 9.17) is 0 Å². The van der Waals surface area contributed by atoms with Crippen molar-refractivity contribution in [2.24, 2.45) is 0 Å². The Morgan fingerprint density at radius 1 is 1.37 bits per heavy atom. The highest BCUT2D eigenvalue weighted by molar-refractivity contribution is 9.10. The maximum absolute atomic E-state index is 4.48. The lowest BCUT2D eigenvalue weighted by molar-refractivity contribution is 0.982. The fraction of sp³-hybridized carbons (Fsp3) is 0.308. The number of nitrogens with zero attached hydrogens (tertiary/aromatic N) is 3. The van der Waals surface area contributed by atoms with E-state index in [2.05, 4.69) is 43.1 Å². The van der Waals surface area contributed by atoms with Crippen LogP contribution >= 0.6 is 27.7 Å². The number of rotatable bonds is 5. The molecule has 0 bridgehead atoms. The van der Waals surface area contributed by atoms with Crippen LogP contribution in [0.5, 0.6) is 0 Å². The summed E-state index contributed by atoms with van der Waals surface area (Å²) < 4.78 is 1.000. The van der Waals surface area contributed by atoms with Crippen LogP contribution in [-0.4, -0.2) is 21.5 Å². The number of thioether (sulfide) groups is 1. The Balaban J connectivity index is 2.09. The first-order valence-electron chi connectivity index (χ1n) is 6.00. The van der Waals surface area contributed by atoms with E-state index in [1.165, 1.54) is 0 Å². The van der Waals surface area contributed by atoms with E-state index < -0.39 is 0 Å². The number of nitrogens with one attached hydrogen (secondary N) is 1. The van der Waals surface area contributed by atoms with Crippen molar-refractivity contribution in [1.82, 2.24) is 15.0 Å². The molecule has 100 valence electrons. The van der Waals surface area contributed by atoms with Gasteiger partial charge in [0.2, 0.25) is 0 Å². The van der Waals surface area contributed by atoms with Gasteiger partial charge in [-0.15, -0.1) is 0 Å². The number of halogens is 1. The van der Waals surface area contributed by atoms with Crippen LogP contribution in [0.25, 0.3) is 0 Å². The third kappa shape index (κ3) is 4.18. The van der Waals surface area contributed by atoms with E-state index in [0.717, 1.165) is 33.4 Å². The van der Waals surface area contributed by atoms with Gasteiger partial charge in [-0.3, -0.25) is 0 Å². The standard InChI is InChI=1S/C13H15BrN4S/c1-3-15-11-7-9(2)17-12(18-11)8-19-13-10(14)5-4-6-16-13/h4-7H,3,8H2,1-2H3,(H,15,17,18). The lowest BCUT2D eigenvalue weighted by atomic mass is 10.4. The lowest BCUT2D eigenvalue weighted by Crippen LogP contribution is -2.04. The first-order valence-corrected chi connectivity index (χ1v) is 7.78. The van der Waals surface area contributed by atoms with E-state index >= 15 is 0 Å². The second-order valence-electron chi connectivity index (χ2n) is 3.92. The van der Waals surface area contributed by atoms with Gasteiger partial charge in [0.1, 0.15) is 16.7 Å². The highest BCUT2D eigenvalue weighted by atomic mass is 79.9. The molecular formula is C13H15BrN4S. The second kappa shape index (κ2) is 6.86. The van der Waals surface area contributed by atoms with Crippen molar-refractivity contribution in [3.63, 3.8) is 0 Å². The molecule has 4 nitrogen and oxygen atoms in total. The van der Waals surface area contributed by atoms with Gasteiger partial charge < -0.3 is 5.32 Å². The summed E-state index contributed by atoms with van der Waals surface area (Å²) in [6.07, 6.45) is 1.79. The molecule has 0 spiro atoms. The highest BCUT2D eigenvalue weighted by Gasteiger charge is 2.05. The average molecular weight is 339 g/mol. The summed E-state index contributed by atoms with van der Waals surface area (Å²) >= 11 is 5.11.